The van der Waals surface area contributed by atoms with Crippen LogP contribution in [0.25, 0.3) is 5.65 Å². The van der Waals surface area contributed by atoms with Gasteiger partial charge in [0, 0.05) is 11.8 Å². The normalized spacial score (nSPS) is 10.7. The van der Waals surface area contributed by atoms with Crippen LogP contribution in [0.4, 0.5) is 0 Å². The van der Waals surface area contributed by atoms with Crippen molar-refractivity contribution in [2.24, 2.45) is 0 Å². The molecule has 8 nitrogen and oxygen atoms in total. The number of hydrogen-bond donors (Lipinski definition) is 3. The number of aromatic nitrogens is 3. The topological polar surface area (TPSA) is 117 Å². The lowest BCUT2D eigenvalue weighted by Crippen LogP contribution is -2.33. The molecule has 0 bridgehead atoms. The van der Waals surface area contributed by atoms with Crippen molar-refractivity contribution in [1.82, 2.24) is 19.9 Å². The van der Waals surface area contributed by atoms with Gasteiger partial charge in [0.25, 0.3) is 5.91 Å². The molecular formula is C12H14N4O4. The number of carbonyl (C=O) groups is 2. The number of aliphatic carboxylic acids is 1. The van der Waals surface area contributed by atoms with Gasteiger partial charge in [-0.2, -0.15) is 0 Å². The minimum absolute atomic E-state index is 0.160. The first-order chi connectivity index (χ1) is 9.54. The van der Waals surface area contributed by atoms with Crippen molar-refractivity contribution in [3.8, 4) is 0 Å². The SMILES string of the molecule is CCCc1cc(=O)c(C(=O)NCC(=O)O)c2nc[nH]n12. The Labute approximate surface area is 113 Å². The Bertz CT molecular complexity index is 716. The average Bonchev–Trinajstić information content (AvgIpc) is 2.85. The van der Waals surface area contributed by atoms with Crippen molar-refractivity contribution in [3.63, 3.8) is 0 Å². The summed E-state index contributed by atoms with van der Waals surface area (Å²) < 4.78 is 1.56. The minimum Gasteiger partial charge on any atom is -0.480 e. The van der Waals surface area contributed by atoms with Crippen LogP contribution in [-0.4, -0.2) is 38.1 Å². The van der Waals surface area contributed by atoms with Crippen LogP contribution in [0.3, 0.4) is 0 Å². The van der Waals surface area contributed by atoms with Crippen LogP contribution in [0.1, 0.15) is 29.4 Å². The van der Waals surface area contributed by atoms with Gasteiger partial charge in [-0.1, -0.05) is 13.3 Å². The van der Waals surface area contributed by atoms with Crippen LogP contribution in [0.5, 0.6) is 0 Å². The van der Waals surface area contributed by atoms with Crippen LogP contribution in [-0.2, 0) is 11.2 Å². The molecule has 2 heterocycles. The maximum absolute atomic E-state index is 12.0. The first kappa shape index (κ1) is 13.8. The molecule has 2 aromatic heterocycles. The Balaban J connectivity index is 2.49. The predicted molar refractivity (Wildman–Crippen MR) is 69.8 cm³/mol. The summed E-state index contributed by atoms with van der Waals surface area (Å²) in [6.45, 7) is 1.42. The quantitative estimate of drug-likeness (QED) is 0.699. The highest BCUT2D eigenvalue weighted by molar-refractivity contribution is 6.00. The van der Waals surface area contributed by atoms with Crippen LogP contribution < -0.4 is 10.7 Å². The Morgan fingerprint density at radius 1 is 1.50 bits per heavy atom. The number of rotatable bonds is 5. The molecule has 0 fully saturated rings. The fourth-order valence-electron chi connectivity index (χ4n) is 1.96. The number of amides is 1. The molecule has 0 saturated heterocycles. The molecule has 2 aromatic rings. The lowest BCUT2D eigenvalue weighted by Gasteiger charge is -2.07. The minimum atomic E-state index is -1.18. The predicted octanol–water partition coefficient (Wildman–Crippen LogP) is -0.210. The molecule has 106 valence electrons. The zero-order valence-electron chi connectivity index (χ0n) is 10.8. The Morgan fingerprint density at radius 2 is 2.25 bits per heavy atom. The molecule has 20 heavy (non-hydrogen) atoms. The fourth-order valence-corrected chi connectivity index (χ4v) is 1.96. The summed E-state index contributed by atoms with van der Waals surface area (Å²) in [6.07, 6.45) is 2.88. The number of carbonyl (C=O) groups excluding carboxylic acids is 1. The lowest BCUT2D eigenvalue weighted by molar-refractivity contribution is -0.135. The Kier molecular flexibility index (Phi) is 3.83. The van der Waals surface area contributed by atoms with Gasteiger partial charge in [0.05, 0.1) is 0 Å². The second-order valence-electron chi connectivity index (χ2n) is 4.25. The van der Waals surface area contributed by atoms with Crippen molar-refractivity contribution in [2.45, 2.75) is 19.8 Å². The van der Waals surface area contributed by atoms with Crippen molar-refractivity contribution in [1.29, 1.82) is 0 Å². The van der Waals surface area contributed by atoms with E-state index in [4.69, 9.17) is 5.11 Å². The van der Waals surface area contributed by atoms with E-state index in [1.807, 2.05) is 6.92 Å². The van der Waals surface area contributed by atoms with Crippen LogP contribution in [0, 0.1) is 0 Å². The largest absolute Gasteiger partial charge is 0.480 e. The molecule has 0 aliphatic carbocycles. The molecule has 3 N–H and O–H groups in total. The van der Waals surface area contributed by atoms with Crippen molar-refractivity contribution in [2.75, 3.05) is 6.54 Å². The number of hydrogen-bond acceptors (Lipinski definition) is 4. The standard InChI is InChI=1S/C12H14N4O4/c1-2-3-7-4-8(17)10(11-14-6-15-16(7)11)12(20)13-5-9(18)19/h4,6H,2-3,5H2,1H3,(H,13,20)(H,14,15)(H,18,19). The number of fused-ring (bicyclic) bond motifs is 1. The smallest absolute Gasteiger partial charge is 0.322 e. The number of H-pyrrole nitrogens is 1. The molecular weight excluding hydrogens is 264 g/mol. The molecule has 0 spiro atoms. The van der Waals surface area contributed by atoms with Crippen molar-refractivity contribution >= 4 is 17.5 Å². The van der Waals surface area contributed by atoms with Gasteiger partial charge >= 0.3 is 5.97 Å². The number of carboxylic acid groups (broad SMARTS) is 1. The molecule has 0 radical (unpaired) electrons. The molecule has 0 aliphatic rings. The third kappa shape index (κ3) is 2.53. The van der Waals surface area contributed by atoms with Crippen LogP contribution >= 0.6 is 0 Å². The molecule has 0 saturated carbocycles. The summed E-state index contributed by atoms with van der Waals surface area (Å²) in [5.74, 6) is -1.93. The van der Waals surface area contributed by atoms with E-state index in [0.717, 1.165) is 12.1 Å². The molecule has 0 aromatic carbocycles. The van der Waals surface area contributed by atoms with E-state index < -0.39 is 23.9 Å². The number of carboxylic acids is 1. The summed E-state index contributed by atoms with van der Waals surface area (Å²) in [5, 5.41) is 13.5. The second-order valence-corrected chi connectivity index (χ2v) is 4.25. The van der Waals surface area contributed by atoms with Gasteiger partial charge in [-0.3, -0.25) is 19.5 Å². The van der Waals surface area contributed by atoms with Crippen LogP contribution in [0.2, 0.25) is 0 Å². The number of pyridine rings is 1. The van der Waals surface area contributed by atoms with Crippen LogP contribution in [0.15, 0.2) is 17.2 Å². The van der Waals surface area contributed by atoms with Gasteiger partial charge in [0.2, 0.25) is 0 Å². The van der Waals surface area contributed by atoms with E-state index >= 15 is 0 Å². The number of aryl methyl sites for hydroxylation is 1. The fraction of sp³-hybridized carbons (Fsp3) is 0.333. The van der Waals surface area contributed by atoms with E-state index in [1.54, 1.807) is 4.52 Å². The van der Waals surface area contributed by atoms with Crippen molar-refractivity contribution in [3.05, 3.63) is 33.9 Å². The van der Waals surface area contributed by atoms with E-state index in [0.29, 0.717) is 6.42 Å². The summed E-state index contributed by atoms with van der Waals surface area (Å²) in [7, 11) is 0. The van der Waals surface area contributed by atoms with Gasteiger partial charge < -0.3 is 10.4 Å². The highest BCUT2D eigenvalue weighted by Gasteiger charge is 2.19. The molecule has 0 atom stereocenters. The summed E-state index contributed by atoms with van der Waals surface area (Å²) in [4.78, 5) is 38.4. The molecule has 0 aliphatic heterocycles. The van der Waals surface area contributed by atoms with E-state index in [2.05, 4.69) is 15.4 Å². The number of nitrogens with zero attached hydrogens (tertiary/aromatic N) is 2. The van der Waals surface area contributed by atoms with Gasteiger partial charge in [-0.05, 0) is 6.42 Å². The zero-order valence-corrected chi connectivity index (χ0v) is 10.8. The maximum Gasteiger partial charge on any atom is 0.322 e. The Morgan fingerprint density at radius 3 is 2.90 bits per heavy atom. The summed E-state index contributed by atoms with van der Waals surface area (Å²) in [6, 6.07) is 1.37. The van der Waals surface area contributed by atoms with Crippen molar-refractivity contribution < 1.29 is 14.7 Å². The first-order valence-electron chi connectivity index (χ1n) is 6.12. The van der Waals surface area contributed by atoms with Gasteiger partial charge in [0.15, 0.2) is 11.1 Å². The molecule has 8 heteroatoms. The highest BCUT2D eigenvalue weighted by atomic mass is 16.4. The highest BCUT2D eigenvalue weighted by Crippen LogP contribution is 2.08. The maximum atomic E-state index is 12.0. The number of aromatic amines is 1. The monoisotopic (exact) mass is 278 g/mol. The third-order valence-electron chi connectivity index (χ3n) is 2.77. The van der Waals surface area contributed by atoms with E-state index in [1.165, 1.54) is 12.4 Å². The molecule has 2 rings (SSSR count). The zero-order chi connectivity index (χ0) is 14.7. The second kappa shape index (κ2) is 5.55. The summed E-state index contributed by atoms with van der Waals surface area (Å²) in [5.41, 5.74) is 0.291. The third-order valence-corrected chi connectivity index (χ3v) is 2.77. The molecule has 0 unspecified atom stereocenters. The Hall–Kier alpha value is -2.64. The molecule has 1 amide bonds. The number of nitrogens with one attached hydrogen (secondary N) is 2. The van der Waals surface area contributed by atoms with Gasteiger partial charge in [0.1, 0.15) is 18.4 Å². The van der Waals surface area contributed by atoms with E-state index in [9.17, 15) is 14.4 Å². The van der Waals surface area contributed by atoms with Gasteiger partial charge in [-0.15, -0.1) is 0 Å². The lowest BCUT2D eigenvalue weighted by atomic mass is 10.1. The van der Waals surface area contributed by atoms with Gasteiger partial charge in [-0.25, -0.2) is 9.50 Å². The van der Waals surface area contributed by atoms with E-state index in [-0.39, 0.29) is 11.2 Å². The average molecular weight is 278 g/mol. The summed E-state index contributed by atoms with van der Waals surface area (Å²) >= 11 is 0. The first-order valence-corrected chi connectivity index (χ1v) is 6.12.